The third-order valence-corrected chi connectivity index (χ3v) is 2.67. The highest BCUT2D eigenvalue weighted by Crippen LogP contribution is 2.03. The molecule has 0 bridgehead atoms. The lowest BCUT2D eigenvalue weighted by atomic mass is 10.1. The number of allylic oxidation sites excluding steroid dienone is 8. The molecule has 0 aliphatic heterocycles. The van der Waals surface area contributed by atoms with Crippen molar-refractivity contribution in [2.75, 3.05) is 0 Å². The number of rotatable bonds is 0. The Bertz CT molecular complexity index is 173. The van der Waals surface area contributed by atoms with Crippen molar-refractivity contribution in [1.29, 1.82) is 0 Å². The summed E-state index contributed by atoms with van der Waals surface area (Å²) in [6, 6.07) is 0. The van der Waals surface area contributed by atoms with E-state index in [0.717, 1.165) is 0 Å². The maximum absolute atomic E-state index is 2.31. The lowest BCUT2D eigenvalue weighted by Crippen LogP contribution is -1.71. The number of hydrogen-bond donors (Lipinski definition) is 0. The molecule has 0 heteroatoms. The van der Waals surface area contributed by atoms with E-state index in [1.165, 1.54) is 51.4 Å². The van der Waals surface area contributed by atoms with Crippen molar-refractivity contribution in [3.8, 4) is 0 Å². The van der Waals surface area contributed by atoms with Gasteiger partial charge in [0.2, 0.25) is 0 Å². The first kappa shape index (κ1) is 13.0. The summed E-state index contributed by atoms with van der Waals surface area (Å²) in [4.78, 5) is 0. The van der Waals surface area contributed by atoms with Gasteiger partial charge >= 0.3 is 0 Å². The molecule has 0 radical (unpaired) electrons. The van der Waals surface area contributed by atoms with E-state index < -0.39 is 0 Å². The molecule has 1 rings (SSSR count). The summed E-state index contributed by atoms with van der Waals surface area (Å²) in [7, 11) is 0. The fourth-order valence-electron chi connectivity index (χ4n) is 1.71. The van der Waals surface area contributed by atoms with Crippen molar-refractivity contribution in [3.05, 3.63) is 48.6 Å². The second-order valence-electron chi connectivity index (χ2n) is 4.20. The topological polar surface area (TPSA) is 0 Å². The molecule has 1 aliphatic rings. The van der Waals surface area contributed by atoms with Gasteiger partial charge in [-0.15, -0.1) is 0 Å². The van der Waals surface area contributed by atoms with Gasteiger partial charge in [0, 0.05) is 0 Å². The molecule has 16 heavy (non-hydrogen) atoms. The van der Waals surface area contributed by atoms with Crippen molar-refractivity contribution in [2.45, 2.75) is 51.4 Å². The first-order chi connectivity index (χ1) is 8.00. The van der Waals surface area contributed by atoms with Gasteiger partial charge in [-0.3, -0.25) is 0 Å². The highest BCUT2D eigenvalue weighted by atomic mass is 13.9. The molecule has 88 valence electrons. The van der Waals surface area contributed by atoms with Gasteiger partial charge < -0.3 is 0 Å². The molecule has 0 unspecified atom stereocenters. The second kappa shape index (κ2) is 10.5. The van der Waals surface area contributed by atoms with Crippen LogP contribution in [0.1, 0.15) is 51.4 Å². The van der Waals surface area contributed by atoms with Crippen molar-refractivity contribution in [3.63, 3.8) is 0 Å². The first-order valence-electron chi connectivity index (χ1n) is 6.60. The summed E-state index contributed by atoms with van der Waals surface area (Å²) >= 11 is 0. The lowest BCUT2D eigenvalue weighted by molar-refractivity contribution is 0.962. The van der Waals surface area contributed by atoms with E-state index in [2.05, 4.69) is 48.6 Å². The van der Waals surface area contributed by atoms with Gasteiger partial charge in [0.25, 0.3) is 0 Å². The molecule has 0 saturated heterocycles. The molecule has 0 atom stereocenters. The van der Waals surface area contributed by atoms with Crippen molar-refractivity contribution < 1.29 is 0 Å². The first-order valence-corrected chi connectivity index (χ1v) is 6.60. The van der Waals surface area contributed by atoms with Crippen LogP contribution >= 0.6 is 0 Å². The molecule has 0 saturated carbocycles. The molecule has 0 spiro atoms. The Hall–Kier alpha value is -1.04. The zero-order valence-electron chi connectivity index (χ0n) is 10.3. The average molecular weight is 216 g/mol. The maximum Gasteiger partial charge on any atom is -0.0316 e. The molecule has 0 N–H and O–H groups in total. The summed E-state index contributed by atoms with van der Waals surface area (Å²) in [5.41, 5.74) is 0. The van der Waals surface area contributed by atoms with Crippen LogP contribution in [0.3, 0.4) is 0 Å². The van der Waals surface area contributed by atoms with Crippen LogP contribution in [0.25, 0.3) is 0 Å². The van der Waals surface area contributed by atoms with Crippen molar-refractivity contribution in [1.82, 2.24) is 0 Å². The Labute approximate surface area is 100 Å². The fraction of sp³-hybridized carbons (Fsp3) is 0.500. The van der Waals surface area contributed by atoms with Gasteiger partial charge in [0.05, 0.1) is 0 Å². The van der Waals surface area contributed by atoms with E-state index in [1.807, 2.05) is 0 Å². The van der Waals surface area contributed by atoms with Crippen molar-refractivity contribution in [2.24, 2.45) is 0 Å². The van der Waals surface area contributed by atoms with Gasteiger partial charge in [0.1, 0.15) is 0 Å². The van der Waals surface area contributed by atoms with Crippen LogP contribution in [0, 0.1) is 0 Å². The predicted octanol–water partition coefficient (Wildman–Crippen LogP) is 5.35. The molecule has 0 aromatic heterocycles. The van der Waals surface area contributed by atoms with Crippen LogP contribution < -0.4 is 0 Å². The zero-order valence-corrected chi connectivity index (χ0v) is 10.3. The second-order valence-corrected chi connectivity index (χ2v) is 4.20. The molecule has 0 nitrogen and oxygen atoms in total. The zero-order chi connectivity index (χ0) is 11.3. The van der Waals surface area contributed by atoms with E-state index in [-0.39, 0.29) is 0 Å². The summed E-state index contributed by atoms with van der Waals surface area (Å²) in [5.74, 6) is 0. The van der Waals surface area contributed by atoms with E-state index in [0.29, 0.717) is 0 Å². The highest BCUT2D eigenvalue weighted by molar-refractivity contribution is 4.94. The Morgan fingerprint density at radius 1 is 0.250 bits per heavy atom. The minimum Gasteiger partial charge on any atom is -0.0882 e. The largest absolute Gasteiger partial charge is 0.0882 e. The van der Waals surface area contributed by atoms with Crippen LogP contribution in [0.2, 0.25) is 0 Å². The predicted molar refractivity (Wildman–Crippen MR) is 73.5 cm³/mol. The minimum absolute atomic E-state index is 1.19. The van der Waals surface area contributed by atoms with E-state index >= 15 is 0 Å². The molecular weight excluding hydrogens is 192 g/mol. The quantitative estimate of drug-likeness (QED) is 0.479. The molecule has 1 aliphatic carbocycles. The molecule has 0 aromatic carbocycles. The van der Waals surface area contributed by atoms with Crippen molar-refractivity contribution >= 4 is 0 Å². The summed E-state index contributed by atoms with van der Waals surface area (Å²) in [6.45, 7) is 0. The molecule has 0 aromatic rings. The van der Waals surface area contributed by atoms with Crippen LogP contribution in [0.15, 0.2) is 48.6 Å². The third-order valence-electron chi connectivity index (χ3n) is 2.67. The Morgan fingerprint density at radius 2 is 0.375 bits per heavy atom. The number of hydrogen-bond acceptors (Lipinski definition) is 0. The monoisotopic (exact) mass is 216 g/mol. The van der Waals surface area contributed by atoms with Crippen LogP contribution in [-0.2, 0) is 0 Å². The molecule has 0 amide bonds. The standard InChI is InChI=1S/C16H24/c1-2-4-6-8-10-12-14-16-15-13-11-9-7-5-3-1/h1-2,7-10,15-16H,3-6,11-14H2/b2-1-,9-7-,10-8-,16-15-. The Kier molecular flexibility index (Phi) is 8.53. The summed E-state index contributed by atoms with van der Waals surface area (Å²) in [5, 5.41) is 0. The molecule has 0 fully saturated rings. The van der Waals surface area contributed by atoms with E-state index in [9.17, 15) is 0 Å². The van der Waals surface area contributed by atoms with Gasteiger partial charge in [0.15, 0.2) is 0 Å². The molecule has 0 heterocycles. The van der Waals surface area contributed by atoms with E-state index in [1.54, 1.807) is 0 Å². The van der Waals surface area contributed by atoms with Crippen LogP contribution in [0.4, 0.5) is 0 Å². The Balaban J connectivity index is 2.29. The van der Waals surface area contributed by atoms with Crippen LogP contribution in [-0.4, -0.2) is 0 Å². The van der Waals surface area contributed by atoms with Gasteiger partial charge in [-0.05, 0) is 51.4 Å². The third kappa shape index (κ3) is 8.28. The fourth-order valence-corrected chi connectivity index (χ4v) is 1.71. The Morgan fingerprint density at radius 3 is 0.500 bits per heavy atom. The van der Waals surface area contributed by atoms with Gasteiger partial charge in [-0.1, -0.05) is 48.6 Å². The average Bonchev–Trinajstić information content (AvgIpc) is 2.29. The highest BCUT2D eigenvalue weighted by Gasteiger charge is 1.82. The van der Waals surface area contributed by atoms with Gasteiger partial charge in [-0.2, -0.15) is 0 Å². The SMILES string of the molecule is C1=C\CC/C=C\CC/C=C\CC/C=C\CC/1. The lowest BCUT2D eigenvalue weighted by Gasteiger charge is -1.92. The normalized spacial score (nSPS) is 28.0. The minimum atomic E-state index is 1.19. The van der Waals surface area contributed by atoms with Gasteiger partial charge in [-0.25, -0.2) is 0 Å². The molecular formula is C16H24. The smallest absolute Gasteiger partial charge is 0.0316 e. The summed E-state index contributed by atoms with van der Waals surface area (Å²) < 4.78 is 0. The van der Waals surface area contributed by atoms with E-state index in [4.69, 9.17) is 0 Å². The van der Waals surface area contributed by atoms with Crippen LogP contribution in [0.5, 0.6) is 0 Å². The summed E-state index contributed by atoms with van der Waals surface area (Å²) in [6.07, 6.45) is 28.0. The maximum atomic E-state index is 2.31.